The monoisotopic (exact) mass is 226 g/mol. The third-order valence-corrected chi connectivity index (χ3v) is 2.90. The van der Waals surface area contributed by atoms with Crippen LogP contribution in [0, 0.1) is 5.92 Å². The van der Waals surface area contributed by atoms with Crippen LogP contribution in [0.4, 0.5) is 0 Å². The molecule has 1 aromatic heterocycles. The van der Waals surface area contributed by atoms with Gasteiger partial charge in [0.1, 0.15) is 5.69 Å². The van der Waals surface area contributed by atoms with E-state index >= 15 is 0 Å². The van der Waals surface area contributed by atoms with Gasteiger partial charge < -0.3 is 0 Å². The lowest BCUT2D eigenvalue weighted by atomic mass is 9.99. The van der Waals surface area contributed by atoms with Crippen molar-refractivity contribution in [3.63, 3.8) is 0 Å². The Morgan fingerprint density at radius 2 is 2.33 bits per heavy atom. The number of allylic oxidation sites excluding steroid dienone is 2. The van der Waals surface area contributed by atoms with Crippen LogP contribution in [-0.2, 0) is 6.42 Å². The predicted octanol–water partition coefficient (Wildman–Crippen LogP) is 2.76. The lowest BCUT2D eigenvalue weighted by Crippen LogP contribution is -2.10. The molecule has 0 aliphatic rings. The van der Waals surface area contributed by atoms with Gasteiger partial charge in [-0.05, 0) is 39.0 Å². The molecule has 1 N–H and O–H groups in total. The van der Waals surface area contributed by atoms with E-state index in [0.717, 1.165) is 31.0 Å². The van der Waals surface area contributed by atoms with Gasteiger partial charge in [0.2, 0.25) is 0 Å². The fourth-order valence-corrected chi connectivity index (χ4v) is 1.95. The highest BCUT2D eigenvalue weighted by Crippen LogP contribution is 2.11. The summed E-state index contributed by atoms with van der Waals surface area (Å²) >= 11 is 1.14. The number of nitrogens with one attached hydrogen (secondary N) is 1. The van der Waals surface area contributed by atoms with Gasteiger partial charge in [0, 0.05) is 11.7 Å². The minimum atomic E-state index is -0.0194. The Bertz CT molecular complexity index is 374. The second-order valence-corrected chi connectivity index (χ2v) is 4.80. The fourth-order valence-electron chi connectivity index (χ4n) is 1.44. The Labute approximate surface area is 94.5 Å². The molecule has 0 aromatic carbocycles. The molecule has 0 unspecified atom stereocenters. The lowest BCUT2D eigenvalue weighted by Gasteiger charge is -2.06. The molecule has 0 spiro atoms. The third-order valence-electron chi connectivity index (χ3n) is 2.31. The number of aromatic nitrogens is 2. The zero-order valence-corrected chi connectivity index (χ0v) is 10.4. The molecule has 0 radical (unpaired) electrons. The van der Waals surface area contributed by atoms with Crippen molar-refractivity contribution in [2.24, 2.45) is 5.92 Å². The molecule has 0 bridgehead atoms. The van der Waals surface area contributed by atoms with Gasteiger partial charge in [0.25, 0.3) is 5.56 Å². The Hall–Kier alpha value is -0.900. The summed E-state index contributed by atoms with van der Waals surface area (Å²) in [7, 11) is 0. The van der Waals surface area contributed by atoms with E-state index in [0.29, 0.717) is 11.6 Å². The van der Waals surface area contributed by atoms with Gasteiger partial charge in [0.15, 0.2) is 0 Å². The lowest BCUT2D eigenvalue weighted by molar-refractivity contribution is 0.529. The van der Waals surface area contributed by atoms with Gasteiger partial charge in [-0.25, -0.2) is 0 Å². The number of hydrogen-bond acceptors (Lipinski definition) is 3. The van der Waals surface area contributed by atoms with Crippen molar-refractivity contribution in [2.45, 2.75) is 40.0 Å². The van der Waals surface area contributed by atoms with Crippen LogP contribution in [0.1, 0.15) is 39.3 Å². The molecule has 4 heteroatoms. The summed E-state index contributed by atoms with van der Waals surface area (Å²) in [6.45, 7) is 6.38. The van der Waals surface area contributed by atoms with Crippen molar-refractivity contribution < 1.29 is 0 Å². The van der Waals surface area contributed by atoms with Crippen molar-refractivity contribution in [1.29, 1.82) is 0 Å². The van der Waals surface area contributed by atoms with Gasteiger partial charge in [-0.1, -0.05) is 18.6 Å². The molecule has 3 nitrogen and oxygen atoms in total. The van der Waals surface area contributed by atoms with Crippen molar-refractivity contribution in [2.75, 3.05) is 0 Å². The maximum atomic E-state index is 11.2. The second-order valence-electron chi connectivity index (χ2n) is 4.23. The first-order chi connectivity index (χ1) is 7.09. The zero-order chi connectivity index (χ0) is 11.3. The van der Waals surface area contributed by atoms with Crippen LogP contribution in [0.25, 0.3) is 0 Å². The van der Waals surface area contributed by atoms with Crippen LogP contribution in [0.5, 0.6) is 0 Å². The van der Waals surface area contributed by atoms with Crippen molar-refractivity contribution in [1.82, 2.24) is 8.75 Å². The predicted molar refractivity (Wildman–Crippen MR) is 64.3 cm³/mol. The van der Waals surface area contributed by atoms with Crippen LogP contribution in [0.15, 0.2) is 16.4 Å². The Kier molecular flexibility index (Phi) is 4.75. The molecular formula is C11H18N2OS. The number of nitrogens with zero attached hydrogens (tertiary/aromatic N) is 1. The fraction of sp³-hybridized carbons (Fsp3) is 0.636. The van der Waals surface area contributed by atoms with Crippen LogP contribution >= 0.6 is 11.7 Å². The van der Waals surface area contributed by atoms with Crippen molar-refractivity contribution >= 4 is 11.7 Å². The minimum Gasteiger partial charge on any atom is -0.267 e. The van der Waals surface area contributed by atoms with Crippen molar-refractivity contribution in [3.05, 3.63) is 27.7 Å². The third kappa shape index (κ3) is 4.42. The smallest absolute Gasteiger partial charge is 0.267 e. The molecule has 0 aliphatic heterocycles. The molecule has 84 valence electrons. The SMILES string of the molecule is CC(C)=CCC[C@H](C)Cc1ns[nH]c1=O. The van der Waals surface area contributed by atoms with E-state index in [-0.39, 0.29) is 5.56 Å². The number of rotatable bonds is 5. The van der Waals surface area contributed by atoms with E-state index in [2.05, 4.69) is 35.6 Å². The first-order valence-electron chi connectivity index (χ1n) is 5.26. The van der Waals surface area contributed by atoms with Gasteiger partial charge in [-0.3, -0.25) is 9.17 Å². The quantitative estimate of drug-likeness (QED) is 0.785. The van der Waals surface area contributed by atoms with E-state index in [1.165, 1.54) is 5.57 Å². The molecule has 0 amide bonds. The summed E-state index contributed by atoms with van der Waals surface area (Å²) in [5.74, 6) is 0.517. The largest absolute Gasteiger partial charge is 0.281 e. The molecule has 0 saturated heterocycles. The average molecular weight is 226 g/mol. The highest BCUT2D eigenvalue weighted by molar-refractivity contribution is 6.99. The van der Waals surface area contributed by atoms with Crippen LogP contribution in [0.2, 0.25) is 0 Å². The maximum Gasteiger partial charge on any atom is 0.281 e. The van der Waals surface area contributed by atoms with E-state index < -0.39 is 0 Å². The first-order valence-corrected chi connectivity index (χ1v) is 6.03. The minimum absolute atomic E-state index is 0.0194. The van der Waals surface area contributed by atoms with E-state index in [4.69, 9.17) is 0 Å². The normalized spacial score (nSPS) is 12.5. The molecule has 1 aromatic rings. The highest BCUT2D eigenvalue weighted by atomic mass is 32.1. The van der Waals surface area contributed by atoms with Crippen LogP contribution in [0.3, 0.4) is 0 Å². The topological polar surface area (TPSA) is 45.8 Å². The summed E-state index contributed by atoms with van der Waals surface area (Å²) in [4.78, 5) is 11.2. The number of hydrogen-bond donors (Lipinski definition) is 1. The first kappa shape index (κ1) is 12.2. The molecule has 15 heavy (non-hydrogen) atoms. The molecular weight excluding hydrogens is 208 g/mol. The molecule has 0 saturated carbocycles. The Morgan fingerprint density at radius 3 is 2.87 bits per heavy atom. The highest BCUT2D eigenvalue weighted by Gasteiger charge is 2.08. The van der Waals surface area contributed by atoms with Crippen molar-refractivity contribution in [3.8, 4) is 0 Å². The molecule has 0 aliphatic carbocycles. The molecule has 1 atom stereocenters. The molecule has 0 fully saturated rings. The van der Waals surface area contributed by atoms with Crippen LogP contribution < -0.4 is 5.56 Å². The molecule has 1 heterocycles. The summed E-state index contributed by atoms with van der Waals surface area (Å²) in [5, 5.41) is 0. The zero-order valence-electron chi connectivity index (χ0n) is 9.54. The van der Waals surface area contributed by atoms with Gasteiger partial charge in [-0.15, -0.1) is 0 Å². The van der Waals surface area contributed by atoms with E-state index in [1.807, 2.05) is 0 Å². The average Bonchev–Trinajstić information content (AvgIpc) is 2.51. The summed E-state index contributed by atoms with van der Waals surface area (Å²) in [5.41, 5.74) is 2.02. The van der Waals surface area contributed by atoms with Crippen LogP contribution in [-0.4, -0.2) is 8.75 Å². The summed E-state index contributed by atoms with van der Waals surface area (Å²) in [6, 6.07) is 0. The van der Waals surface area contributed by atoms with Gasteiger partial charge in [0.05, 0.1) is 0 Å². The second kappa shape index (κ2) is 5.85. The summed E-state index contributed by atoms with van der Waals surface area (Å²) < 4.78 is 6.67. The van der Waals surface area contributed by atoms with Gasteiger partial charge >= 0.3 is 0 Å². The maximum absolute atomic E-state index is 11.2. The number of aromatic amines is 1. The molecule has 1 rings (SSSR count). The Morgan fingerprint density at radius 1 is 1.60 bits per heavy atom. The Balaban J connectivity index is 2.37. The summed E-state index contributed by atoms with van der Waals surface area (Å²) in [6.07, 6.45) is 5.23. The van der Waals surface area contributed by atoms with E-state index in [9.17, 15) is 4.79 Å². The van der Waals surface area contributed by atoms with E-state index in [1.54, 1.807) is 0 Å². The number of H-pyrrole nitrogens is 1. The van der Waals surface area contributed by atoms with Gasteiger partial charge in [-0.2, -0.15) is 4.37 Å². The standard InChI is InChI=1S/C11H18N2OS/c1-8(2)5-4-6-9(3)7-10-11(14)13-15-12-10/h5,9H,4,6-7H2,1-3H3,(H,13,14)/t9-/m0/s1.